The lowest BCUT2D eigenvalue weighted by atomic mass is 9.73. The monoisotopic (exact) mass is 746 g/mol. The molecular weight excluding hydrogens is 692 g/mol. The summed E-state index contributed by atoms with van der Waals surface area (Å²) < 4.78 is 39.5. The zero-order chi connectivity index (χ0) is 38.7. The molecule has 0 radical (unpaired) electrons. The van der Waals surface area contributed by atoms with Gasteiger partial charge in [0.25, 0.3) is 0 Å². The number of hydrogen-bond donors (Lipinski definition) is 1. The van der Waals surface area contributed by atoms with Crippen LogP contribution in [0.1, 0.15) is 54.2 Å². The Bertz CT molecular complexity index is 1720. The Kier molecular flexibility index (Phi) is 14.1. The van der Waals surface area contributed by atoms with Crippen LogP contribution in [0.3, 0.4) is 0 Å². The first-order valence-electron chi connectivity index (χ1n) is 18.4. The average molecular weight is 747 g/mol. The number of ether oxygens (including phenoxy) is 7. The number of benzene rings is 3. The lowest BCUT2D eigenvalue weighted by Crippen LogP contribution is -2.58. The van der Waals surface area contributed by atoms with E-state index in [9.17, 15) is 14.7 Å². The summed E-state index contributed by atoms with van der Waals surface area (Å²) in [5, 5.41) is 11.4. The lowest BCUT2D eigenvalue weighted by Gasteiger charge is -2.43. The number of allylic oxidation sites excluding steroid dienone is 1. The predicted molar refractivity (Wildman–Crippen MR) is 205 cm³/mol. The van der Waals surface area contributed by atoms with Crippen LogP contribution in [0.15, 0.2) is 67.3 Å². The summed E-state index contributed by atoms with van der Waals surface area (Å²) in [5.74, 6) is 0.336. The van der Waals surface area contributed by atoms with Crippen LogP contribution < -0.4 is 28.4 Å². The fourth-order valence-electron chi connectivity index (χ4n) is 7.89. The standard InChI is InChI=1S/C42H54N2O10/c1-7-10-33(31-27-37(50-4)39(52-6)38(28-31)51-5)40(45)44-18-9-17-42(44,41(46)47)34(15-13-29-14-16-35(48-2)36(25-29)49-3)30-11-8-12-32(26-30)54-24-21-43-19-22-53-23-20-43/h7-8,11-12,14,16,25-28,33-34H,1,9-10,13,15,17-24H2,2-6H3,(H,46,47)/t33-,34+,42-/m0/s1. The zero-order valence-electron chi connectivity index (χ0n) is 32.1. The third-order valence-electron chi connectivity index (χ3n) is 10.6. The number of carbonyl (C=O) groups is 2. The van der Waals surface area contributed by atoms with Crippen LogP contribution in [0.2, 0.25) is 0 Å². The van der Waals surface area contributed by atoms with Crippen LogP contribution in [0.4, 0.5) is 0 Å². The number of carboxylic acid groups (broad SMARTS) is 1. The Morgan fingerprint density at radius 2 is 1.57 bits per heavy atom. The second-order valence-electron chi connectivity index (χ2n) is 13.5. The van der Waals surface area contributed by atoms with Gasteiger partial charge < -0.3 is 43.2 Å². The molecule has 2 aliphatic rings. The van der Waals surface area contributed by atoms with E-state index in [1.807, 2.05) is 42.5 Å². The molecule has 0 saturated carbocycles. The molecule has 0 spiro atoms. The van der Waals surface area contributed by atoms with E-state index >= 15 is 0 Å². The molecule has 2 saturated heterocycles. The fraction of sp³-hybridized carbons (Fsp3) is 0.476. The highest BCUT2D eigenvalue weighted by Gasteiger charge is 2.56. The Morgan fingerprint density at radius 3 is 2.20 bits per heavy atom. The molecule has 54 heavy (non-hydrogen) atoms. The molecule has 0 unspecified atom stereocenters. The lowest BCUT2D eigenvalue weighted by molar-refractivity contribution is -0.159. The molecule has 292 valence electrons. The van der Waals surface area contributed by atoms with Crippen molar-refractivity contribution in [1.82, 2.24) is 9.80 Å². The van der Waals surface area contributed by atoms with Gasteiger partial charge in [-0.25, -0.2) is 4.79 Å². The number of likely N-dealkylation sites (tertiary alicyclic amines) is 1. The second kappa shape index (κ2) is 18.9. The molecule has 3 aromatic carbocycles. The molecular formula is C42H54N2O10. The molecule has 3 aromatic rings. The maximum atomic E-state index is 15.0. The first kappa shape index (κ1) is 40.2. The zero-order valence-corrected chi connectivity index (χ0v) is 32.1. The predicted octanol–water partition coefficient (Wildman–Crippen LogP) is 5.96. The summed E-state index contributed by atoms with van der Waals surface area (Å²) in [7, 11) is 7.73. The number of aryl methyl sites for hydroxylation is 1. The maximum Gasteiger partial charge on any atom is 0.330 e. The van der Waals surface area contributed by atoms with Crippen molar-refractivity contribution >= 4 is 11.9 Å². The van der Waals surface area contributed by atoms with Crippen molar-refractivity contribution in [3.8, 4) is 34.5 Å². The van der Waals surface area contributed by atoms with Crippen molar-refractivity contribution in [2.24, 2.45) is 0 Å². The van der Waals surface area contributed by atoms with Gasteiger partial charge in [-0.2, -0.15) is 0 Å². The topological polar surface area (TPSA) is 125 Å². The largest absolute Gasteiger partial charge is 0.493 e. The van der Waals surface area contributed by atoms with E-state index in [-0.39, 0.29) is 25.3 Å². The van der Waals surface area contributed by atoms with Gasteiger partial charge in [0.15, 0.2) is 23.0 Å². The molecule has 12 heteroatoms. The Labute approximate surface area is 318 Å². The molecule has 3 atom stereocenters. The van der Waals surface area contributed by atoms with Gasteiger partial charge in [0.1, 0.15) is 17.9 Å². The highest BCUT2D eigenvalue weighted by molar-refractivity contribution is 5.92. The van der Waals surface area contributed by atoms with E-state index in [1.54, 1.807) is 37.3 Å². The third kappa shape index (κ3) is 8.71. The number of carbonyl (C=O) groups excluding carboxylic acids is 1. The van der Waals surface area contributed by atoms with Crippen molar-refractivity contribution < 1.29 is 47.9 Å². The van der Waals surface area contributed by atoms with Gasteiger partial charge in [-0.05, 0) is 85.2 Å². The van der Waals surface area contributed by atoms with Crippen LogP contribution in [-0.2, 0) is 20.7 Å². The van der Waals surface area contributed by atoms with Gasteiger partial charge in [0.2, 0.25) is 11.7 Å². The smallest absolute Gasteiger partial charge is 0.330 e. The summed E-state index contributed by atoms with van der Waals surface area (Å²) in [6.45, 7) is 8.58. The van der Waals surface area contributed by atoms with Gasteiger partial charge in [0, 0.05) is 32.1 Å². The highest BCUT2D eigenvalue weighted by Crippen LogP contribution is 2.48. The summed E-state index contributed by atoms with van der Waals surface area (Å²) >= 11 is 0. The van der Waals surface area contributed by atoms with Crippen molar-refractivity contribution in [3.05, 3.63) is 83.9 Å². The maximum absolute atomic E-state index is 15.0. The van der Waals surface area contributed by atoms with E-state index in [0.29, 0.717) is 79.1 Å². The van der Waals surface area contributed by atoms with Gasteiger partial charge in [-0.1, -0.05) is 24.3 Å². The van der Waals surface area contributed by atoms with Crippen molar-refractivity contribution in [2.45, 2.75) is 49.5 Å². The number of methoxy groups -OCH3 is 5. The van der Waals surface area contributed by atoms with Crippen molar-refractivity contribution in [2.75, 3.05) is 81.5 Å². The average Bonchev–Trinajstić information content (AvgIpc) is 3.66. The molecule has 2 heterocycles. The summed E-state index contributed by atoms with van der Waals surface area (Å²) in [5.41, 5.74) is 0.793. The van der Waals surface area contributed by atoms with Crippen LogP contribution in [0.25, 0.3) is 0 Å². The third-order valence-corrected chi connectivity index (χ3v) is 10.6. The van der Waals surface area contributed by atoms with Gasteiger partial charge in [-0.15, -0.1) is 6.58 Å². The van der Waals surface area contributed by atoms with E-state index in [0.717, 1.165) is 30.8 Å². The van der Waals surface area contributed by atoms with E-state index in [2.05, 4.69) is 11.5 Å². The number of amides is 1. The number of morpholine rings is 1. The SMILES string of the molecule is C=CC[C@H](C(=O)N1CCC[C@@]1(C(=O)O)[C@H](CCc1ccc(OC)c(OC)c1)c1cccc(OCCN2CCOCC2)c1)c1cc(OC)c(OC)c(OC)c1. The van der Waals surface area contributed by atoms with E-state index in [1.165, 1.54) is 21.3 Å². The van der Waals surface area contributed by atoms with E-state index in [4.69, 9.17) is 33.2 Å². The molecule has 0 aromatic heterocycles. The molecule has 2 aliphatic heterocycles. The van der Waals surface area contributed by atoms with Gasteiger partial charge in [0.05, 0.1) is 54.7 Å². The second-order valence-corrected chi connectivity index (χ2v) is 13.5. The van der Waals surface area contributed by atoms with Gasteiger partial charge >= 0.3 is 5.97 Å². The first-order valence-corrected chi connectivity index (χ1v) is 18.4. The number of hydrogen-bond acceptors (Lipinski definition) is 10. The number of carboxylic acids is 1. The van der Waals surface area contributed by atoms with Crippen LogP contribution in [0, 0.1) is 0 Å². The summed E-state index contributed by atoms with van der Waals surface area (Å²) in [6, 6.07) is 16.9. The van der Waals surface area contributed by atoms with Crippen molar-refractivity contribution in [3.63, 3.8) is 0 Å². The van der Waals surface area contributed by atoms with Gasteiger partial charge in [-0.3, -0.25) is 9.69 Å². The van der Waals surface area contributed by atoms with Crippen LogP contribution in [0.5, 0.6) is 34.5 Å². The normalized spacial score (nSPS) is 18.4. The number of rotatable bonds is 19. The number of nitrogens with zero attached hydrogens (tertiary/aromatic N) is 2. The molecule has 1 N–H and O–H groups in total. The minimum absolute atomic E-state index is 0.270. The molecule has 0 aliphatic carbocycles. The quantitative estimate of drug-likeness (QED) is 0.146. The molecule has 1 amide bonds. The number of aliphatic carboxylic acids is 1. The first-order chi connectivity index (χ1) is 26.2. The Morgan fingerprint density at radius 1 is 0.870 bits per heavy atom. The van der Waals surface area contributed by atoms with Crippen LogP contribution in [-0.4, -0.2) is 114 Å². The molecule has 12 nitrogen and oxygen atoms in total. The summed E-state index contributed by atoms with van der Waals surface area (Å²) in [4.78, 5) is 32.8. The fourth-order valence-corrected chi connectivity index (χ4v) is 7.89. The van der Waals surface area contributed by atoms with Crippen molar-refractivity contribution in [1.29, 1.82) is 0 Å². The van der Waals surface area contributed by atoms with Crippen LogP contribution >= 0.6 is 0 Å². The Balaban J connectivity index is 1.54. The minimum Gasteiger partial charge on any atom is -0.493 e. The highest BCUT2D eigenvalue weighted by atomic mass is 16.5. The summed E-state index contributed by atoms with van der Waals surface area (Å²) in [6.07, 6.45) is 3.70. The Hall–Kier alpha value is -4.94. The molecule has 5 rings (SSSR count). The molecule has 2 fully saturated rings. The molecule has 0 bridgehead atoms. The minimum atomic E-state index is -1.56. The van der Waals surface area contributed by atoms with E-state index < -0.39 is 23.3 Å².